The topological polar surface area (TPSA) is 29.5 Å². The number of amides is 1. The molecule has 0 aliphatic heterocycles. The number of hydrogen-bond acceptors (Lipinski definition) is 2. The average Bonchev–Trinajstić information content (AvgIpc) is 2.34. The van der Waals surface area contributed by atoms with Gasteiger partial charge in [0, 0.05) is 13.1 Å². The molecule has 0 unspecified atom stereocenters. The SMILES string of the molecule is C=CCN(CC)C(=O)COc1ccccc1Cl. The molecule has 0 fully saturated rings. The molecule has 0 N–H and O–H groups in total. The molecule has 4 heteroatoms. The highest BCUT2D eigenvalue weighted by atomic mass is 35.5. The van der Waals surface area contributed by atoms with Crippen molar-refractivity contribution in [3.63, 3.8) is 0 Å². The minimum atomic E-state index is -0.0766. The van der Waals surface area contributed by atoms with E-state index in [1.807, 2.05) is 19.1 Å². The highest BCUT2D eigenvalue weighted by molar-refractivity contribution is 6.32. The first-order valence-corrected chi connectivity index (χ1v) is 5.82. The highest BCUT2D eigenvalue weighted by Gasteiger charge is 2.11. The molecule has 1 amide bonds. The van der Waals surface area contributed by atoms with Crippen molar-refractivity contribution in [2.45, 2.75) is 6.92 Å². The van der Waals surface area contributed by atoms with E-state index in [9.17, 15) is 4.79 Å². The molecule has 3 nitrogen and oxygen atoms in total. The molecule has 0 aliphatic carbocycles. The molecule has 1 aromatic carbocycles. The van der Waals surface area contributed by atoms with Gasteiger partial charge in [-0.25, -0.2) is 0 Å². The molecule has 0 atom stereocenters. The molecule has 0 aliphatic rings. The molecular weight excluding hydrogens is 238 g/mol. The number of rotatable bonds is 6. The smallest absolute Gasteiger partial charge is 0.260 e. The zero-order valence-corrected chi connectivity index (χ0v) is 10.6. The van der Waals surface area contributed by atoms with Crippen molar-refractivity contribution in [1.29, 1.82) is 0 Å². The second-order valence-corrected chi connectivity index (χ2v) is 3.85. The van der Waals surface area contributed by atoms with E-state index in [4.69, 9.17) is 16.3 Å². The maximum absolute atomic E-state index is 11.8. The van der Waals surface area contributed by atoms with Crippen LogP contribution in [0.25, 0.3) is 0 Å². The standard InChI is InChI=1S/C13H16ClNO2/c1-3-9-15(4-2)13(16)10-17-12-8-6-5-7-11(12)14/h3,5-8H,1,4,9-10H2,2H3. The van der Waals surface area contributed by atoms with Crippen LogP contribution in [0.15, 0.2) is 36.9 Å². The molecule has 0 saturated carbocycles. The molecule has 1 rings (SSSR count). The van der Waals surface area contributed by atoms with E-state index in [1.165, 1.54) is 0 Å². The summed E-state index contributed by atoms with van der Waals surface area (Å²) in [6, 6.07) is 7.09. The number of carbonyl (C=O) groups excluding carboxylic acids is 1. The Bertz CT molecular complexity index is 393. The summed E-state index contributed by atoms with van der Waals surface area (Å²) in [5, 5.41) is 0.507. The lowest BCUT2D eigenvalue weighted by atomic mass is 10.3. The van der Waals surface area contributed by atoms with Gasteiger partial charge in [-0.15, -0.1) is 6.58 Å². The van der Waals surface area contributed by atoms with Crippen molar-refractivity contribution < 1.29 is 9.53 Å². The van der Waals surface area contributed by atoms with Gasteiger partial charge in [0.25, 0.3) is 5.91 Å². The first-order valence-electron chi connectivity index (χ1n) is 5.45. The molecule has 0 radical (unpaired) electrons. The molecule has 1 aromatic rings. The van der Waals surface area contributed by atoms with E-state index < -0.39 is 0 Å². The van der Waals surface area contributed by atoms with Crippen LogP contribution in [0.3, 0.4) is 0 Å². The van der Waals surface area contributed by atoms with Gasteiger partial charge in [-0.2, -0.15) is 0 Å². The summed E-state index contributed by atoms with van der Waals surface area (Å²) in [4.78, 5) is 13.4. The summed E-state index contributed by atoms with van der Waals surface area (Å²) in [5.41, 5.74) is 0. The van der Waals surface area contributed by atoms with E-state index in [0.717, 1.165) is 0 Å². The van der Waals surface area contributed by atoms with Crippen LogP contribution in [0, 0.1) is 0 Å². The van der Waals surface area contributed by atoms with Crippen molar-refractivity contribution in [2.75, 3.05) is 19.7 Å². The zero-order chi connectivity index (χ0) is 12.7. The molecule has 17 heavy (non-hydrogen) atoms. The largest absolute Gasteiger partial charge is 0.482 e. The molecule has 0 aromatic heterocycles. The Morgan fingerprint density at radius 2 is 2.24 bits per heavy atom. The summed E-state index contributed by atoms with van der Waals surface area (Å²) in [7, 11) is 0. The van der Waals surface area contributed by atoms with E-state index in [2.05, 4.69) is 6.58 Å². The fourth-order valence-electron chi connectivity index (χ4n) is 1.36. The summed E-state index contributed by atoms with van der Waals surface area (Å²) < 4.78 is 5.37. The van der Waals surface area contributed by atoms with Crippen LogP contribution in [0.4, 0.5) is 0 Å². The predicted octanol–water partition coefficient (Wildman–Crippen LogP) is 2.75. The van der Waals surface area contributed by atoms with Crippen molar-refractivity contribution in [3.05, 3.63) is 41.9 Å². The first-order chi connectivity index (χ1) is 8.19. The third-order valence-electron chi connectivity index (χ3n) is 2.27. The molecule has 0 heterocycles. The van der Waals surface area contributed by atoms with Gasteiger partial charge in [0.2, 0.25) is 0 Å². The number of halogens is 1. The van der Waals surface area contributed by atoms with Gasteiger partial charge in [0.1, 0.15) is 5.75 Å². The Morgan fingerprint density at radius 3 is 2.82 bits per heavy atom. The van der Waals surface area contributed by atoms with Crippen LogP contribution in [0.5, 0.6) is 5.75 Å². The van der Waals surface area contributed by atoms with E-state index in [-0.39, 0.29) is 12.5 Å². The molecule has 0 spiro atoms. The summed E-state index contributed by atoms with van der Waals surface area (Å²) in [6.45, 7) is 6.68. The molecule has 92 valence electrons. The molecule has 0 bridgehead atoms. The third-order valence-corrected chi connectivity index (χ3v) is 2.58. The van der Waals surface area contributed by atoms with Crippen LogP contribution in [-0.2, 0) is 4.79 Å². The number of hydrogen-bond donors (Lipinski definition) is 0. The lowest BCUT2D eigenvalue weighted by molar-refractivity contribution is -0.132. The third kappa shape index (κ3) is 4.11. The zero-order valence-electron chi connectivity index (χ0n) is 9.86. The van der Waals surface area contributed by atoms with Crippen LogP contribution in [0.1, 0.15) is 6.92 Å². The van der Waals surface area contributed by atoms with Crippen LogP contribution in [0.2, 0.25) is 5.02 Å². The summed E-state index contributed by atoms with van der Waals surface area (Å²) >= 11 is 5.92. The van der Waals surface area contributed by atoms with E-state index in [1.54, 1.807) is 23.1 Å². The van der Waals surface area contributed by atoms with Crippen molar-refractivity contribution in [1.82, 2.24) is 4.90 Å². The maximum Gasteiger partial charge on any atom is 0.260 e. The fraction of sp³-hybridized carbons (Fsp3) is 0.308. The first kappa shape index (κ1) is 13.6. The highest BCUT2D eigenvalue weighted by Crippen LogP contribution is 2.22. The Morgan fingerprint density at radius 1 is 1.53 bits per heavy atom. The number of para-hydroxylation sites is 1. The Kier molecular flexibility index (Phi) is 5.57. The van der Waals surface area contributed by atoms with Crippen molar-refractivity contribution in [3.8, 4) is 5.75 Å². The van der Waals surface area contributed by atoms with Crippen molar-refractivity contribution >= 4 is 17.5 Å². The Labute approximate surface area is 107 Å². The normalized spacial score (nSPS) is 9.76. The fourth-order valence-corrected chi connectivity index (χ4v) is 1.55. The van der Waals surface area contributed by atoms with Gasteiger partial charge in [-0.1, -0.05) is 29.8 Å². The number of ether oxygens (including phenoxy) is 1. The number of likely N-dealkylation sites (N-methyl/N-ethyl adjacent to an activating group) is 1. The number of benzene rings is 1. The van der Waals surface area contributed by atoms with Gasteiger partial charge in [-0.05, 0) is 19.1 Å². The minimum Gasteiger partial charge on any atom is -0.482 e. The molecular formula is C13H16ClNO2. The lowest BCUT2D eigenvalue weighted by Gasteiger charge is -2.19. The monoisotopic (exact) mass is 253 g/mol. The predicted molar refractivity (Wildman–Crippen MR) is 69.4 cm³/mol. The number of nitrogens with zero attached hydrogens (tertiary/aromatic N) is 1. The van der Waals surface area contributed by atoms with Crippen molar-refractivity contribution in [2.24, 2.45) is 0 Å². The molecule has 0 saturated heterocycles. The maximum atomic E-state index is 11.8. The van der Waals surface area contributed by atoms with E-state index in [0.29, 0.717) is 23.9 Å². The van der Waals surface area contributed by atoms with Gasteiger partial charge < -0.3 is 9.64 Å². The van der Waals surface area contributed by atoms with Crippen LogP contribution < -0.4 is 4.74 Å². The van der Waals surface area contributed by atoms with Crippen LogP contribution in [-0.4, -0.2) is 30.5 Å². The van der Waals surface area contributed by atoms with Gasteiger partial charge in [-0.3, -0.25) is 4.79 Å². The van der Waals surface area contributed by atoms with E-state index >= 15 is 0 Å². The average molecular weight is 254 g/mol. The van der Waals surface area contributed by atoms with Crippen LogP contribution >= 0.6 is 11.6 Å². The van der Waals surface area contributed by atoms with Gasteiger partial charge in [0.15, 0.2) is 6.61 Å². The quantitative estimate of drug-likeness (QED) is 0.730. The summed E-state index contributed by atoms with van der Waals surface area (Å²) in [5.74, 6) is 0.449. The second-order valence-electron chi connectivity index (χ2n) is 3.44. The number of carbonyl (C=O) groups is 1. The second kappa shape index (κ2) is 6.97. The van der Waals surface area contributed by atoms with Gasteiger partial charge in [0.05, 0.1) is 5.02 Å². The lowest BCUT2D eigenvalue weighted by Crippen LogP contribution is -2.34. The minimum absolute atomic E-state index is 0.00852. The summed E-state index contributed by atoms with van der Waals surface area (Å²) in [6.07, 6.45) is 1.69. The Hall–Kier alpha value is -1.48. The van der Waals surface area contributed by atoms with Gasteiger partial charge >= 0.3 is 0 Å². The Balaban J connectivity index is 2.53.